The first kappa shape index (κ1) is 35.0. The molecule has 1 heterocycles. The number of allylic oxidation sites excluding steroid dienone is 2. The van der Waals surface area contributed by atoms with Gasteiger partial charge in [0.2, 0.25) is 0 Å². The lowest BCUT2D eigenvalue weighted by Gasteiger charge is -2.30. The fourth-order valence-electron chi connectivity index (χ4n) is 7.01. The number of phenols is 1. The first-order chi connectivity index (χ1) is 25.2. The van der Waals surface area contributed by atoms with Gasteiger partial charge in [-0.25, -0.2) is 0 Å². The summed E-state index contributed by atoms with van der Waals surface area (Å²) in [6.45, 7) is -0.583. The summed E-state index contributed by atoms with van der Waals surface area (Å²) >= 11 is 12.7. The van der Waals surface area contributed by atoms with Crippen LogP contribution in [0.5, 0.6) is 5.75 Å². The number of ketones is 1. The van der Waals surface area contributed by atoms with E-state index in [0.29, 0.717) is 67.9 Å². The van der Waals surface area contributed by atoms with Crippen LogP contribution in [-0.2, 0) is 12.0 Å². The van der Waals surface area contributed by atoms with Crippen molar-refractivity contribution < 1.29 is 24.9 Å². The summed E-state index contributed by atoms with van der Waals surface area (Å²) in [6, 6.07) is 28.5. The Morgan fingerprint density at radius 3 is 2.40 bits per heavy atom. The topological polar surface area (TPSA) is 119 Å². The maximum Gasteiger partial charge on any atom is 0.257 e. The Morgan fingerprint density at radius 2 is 1.60 bits per heavy atom. The molecule has 0 saturated carbocycles. The number of benzene rings is 5. The molecule has 0 bridgehead atoms. The summed E-state index contributed by atoms with van der Waals surface area (Å²) in [6.07, 6.45) is 11.3. The standard InChI is InChI=1S/C33H25Cl2NO5.C10H9N/c34-27-9-2-1-5-25(27)32(40)36-18-11-12-24(28(35)15-18)31(39)23-8-3-7-21-20(23)13-14-22-19-6-4-10-29(38)26(19)16-33(41,17-37)30(21)22;1-2-7-10-9(5-1)6-3-4-8-11-10/h1-2,4-6,9-16,37-38,41H,3,7-8,17H2,(H,36,40);1-8,11H. The Morgan fingerprint density at radius 1 is 0.808 bits per heavy atom. The third kappa shape index (κ3) is 6.67. The minimum Gasteiger partial charge on any atom is -0.507 e. The van der Waals surface area contributed by atoms with Crippen molar-refractivity contribution in [3.8, 4) is 5.75 Å². The van der Waals surface area contributed by atoms with Crippen molar-refractivity contribution in [2.45, 2.75) is 24.9 Å². The number of anilines is 2. The number of halogens is 2. The summed E-state index contributed by atoms with van der Waals surface area (Å²) in [5.41, 5.74) is 3.61. The number of Topliss-reactive ketones (excluding diaryl/α,β-unsaturated/α-hetero) is 1. The van der Waals surface area contributed by atoms with Gasteiger partial charge in [0.05, 0.1) is 22.2 Å². The third-order valence-electron chi connectivity index (χ3n) is 9.47. The van der Waals surface area contributed by atoms with E-state index in [1.54, 1.807) is 48.5 Å². The molecule has 0 fully saturated rings. The van der Waals surface area contributed by atoms with Crippen LogP contribution in [0.1, 0.15) is 50.2 Å². The van der Waals surface area contributed by atoms with E-state index in [1.807, 2.05) is 48.7 Å². The summed E-state index contributed by atoms with van der Waals surface area (Å²) in [5, 5.41) is 41.4. The zero-order valence-electron chi connectivity index (χ0n) is 27.9. The van der Waals surface area contributed by atoms with Crippen molar-refractivity contribution in [2.24, 2.45) is 0 Å². The number of rotatable bonds is 5. The van der Waals surface area contributed by atoms with Crippen LogP contribution in [0.2, 0.25) is 10.0 Å². The van der Waals surface area contributed by atoms with E-state index < -0.39 is 18.1 Å². The number of aliphatic hydroxyl groups is 2. The number of hydrogen-bond acceptors (Lipinski definition) is 6. The van der Waals surface area contributed by atoms with Gasteiger partial charge in [0.15, 0.2) is 5.78 Å². The highest BCUT2D eigenvalue weighted by Crippen LogP contribution is 2.33. The zero-order chi connectivity index (χ0) is 36.4. The fraction of sp³-hybridized carbons (Fsp3) is 0.116. The Kier molecular flexibility index (Phi) is 9.86. The van der Waals surface area contributed by atoms with Crippen molar-refractivity contribution >= 4 is 64.0 Å². The highest BCUT2D eigenvalue weighted by atomic mass is 35.5. The molecule has 52 heavy (non-hydrogen) atoms. The van der Waals surface area contributed by atoms with E-state index in [4.69, 9.17) is 23.2 Å². The van der Waals surface area contributed by atoms with Crippen LogP contribution in [0.15, 0.2) is 115 Å². The molecule has 1 atom stereocenters. The van der Waals surface area contributed by atoms with Crippen LogP contribution in [0.3, 0.4) is 0 Å². The maximum absolute atomic E-state index is 13.8. The lowest BCUT2D eigenvalue weighted by Crippen LogP contribution is -2.38. The maximum atomic E-state index is 13.8. The second-order valence-corrected chi connectivity index (χ2v) is 13.5. The van der Waals surface area contributed by atoms with Gasteiger partial charge in [0, 0.05) is 39.5 Å². The molecule has 5 aromatic carbocycles. The second kappa shape index (κ2) is 14.7. The van der Waals surface area contributed by atoms with E-state index in [0.717, 1.165) is 16.5 Å². The number of carbonyl (C=O) groups excluding carboxylic acids is 2. The zero-order valence-corrected chi connectivity index (χ0v) is 29.4. The van der Waals surface area contributed by atoms with Crippen molar-refractivity contribution in [2.75, 3.05) is 17.2 Å². The van der Waals surface area contributed by atoms with Crippen LogP contribution in [0.4, 0.5) is 11.4 Å². The molecule has 5 aromatic rings. The van der Waals surface area contributed by atoms with Crippen molar-refractivity contribution in [3.63, 3.8) is 0 Å². The van der Waals surface area contributed by atoms with Gasteiger partial charge in [0.25, 0.3) is 5.91 Å². The lowest BCUT2D eigenvalue weighted by molar-refractivity contribution is 0.0359. The van der Waals surface area contributed by atoms with Crippen LogP contribution in [-0.4, -0.2) is 33.6 Å². The Hall–Kier alpha value is -5.44. The van der Waals surface area contributed by atoms with E-state index in [-0.39, 0.29) is 16.6 Å². The molecule has 7 nitrogen and oxygen atoms in total. The molecule has 260 valence electrons. The molecule has 1 unspecified atom stereocenters. The lowest BCUT2D eigenvalue weighted by atomic mass is 9.78. The number of phenolic OH excluding ortho intramolecular Hbond substituents is 1. The average Bonchev–Trinajstić information content (AvgIpc) is 3.41. The monoisotopic (exact) mass is 728 g/mol. The SMILES string of the molecule is C1=CNc2ccccc2C=C1.O=C(Nc1ccc(C(=O)C2=c3ccc4c(c3CCC2)C(O)(CO)C=c2c(O)cccc2=4)c(Cl)c1)c1ccccc1Cl. The van der Waals surface area contributed by atoms with Crippen molar-refractivity contribution in [3.05, 3.63) is 174 Å². The summed E-state index contributed by atoms with van der Waals surface area (Å²) in [7, 11) is 0. The summed E-state index contributed by atoms with van der Waals surface area (Å²) in [4.78, 5) is 26.5. The molecule has 5 N–H and O–H groups in total. The smallest absolute Gasteiger partial charge is 0.257 e. The number of aliphatic hydroxyl groups excluding tert-OH is 1. The average molecular weight is 730 g/mol. The van der Waals surface area contributed by atoms with E-state index in [1.165, 1.54) is 17.7 Å². The van der Waals surface area contributed by atoms with Gasteiger partial charge in [-0.3, -0.25) is 9.59 Å². The fourth-order valence-corrected chi connectivity index (χ4v) is 7.49. The molecule has 1 amide bonds. The minimum atomic E-state index is -1.73. The molecular weight excluding hydrogens is 695 g/mol. The second-order valence-electron chi connectivity index (χ2n) is 12.7. The van der Waals surface area contributed by atoms with Gasteiger partial charge in [-0.1, -0.05) is 90.0 Å². The molecule has 3 aliphatic rings. The molecule has 2 aliphatic carbocycles. The molecule has 0 saturated heterocycles. The largest absolute Gasteiger partial charge is 0.507 e. The van der Waals surface area contributed by atoms with E-state index in [2.05, 4.69) is 28.8 Å². The van der Waals surface area contributed by atoms with Gasteiger partial charge in [-0.2, -0.15) is 0 Å². The van der Waals surface area contributed by atoms with Gasteiger partial charge in [-0.15, -0.1) is 0 Å². The van der Waals surface area contributed by atoms with Crippen LogP contribution in [0.25, 0.3) is 17.7 Å². The predicted molar refractivity (Wildman–Crippen MR) is 207 cm³/mol. The highest BCUT2D eigenvalue weighted by molar-refractivity contribution is 6.38. The number of nitrogens with one attached hydrogen (secondary N) is 2. The number of hydrogen-bond donors (Lipinski definition) is 5. The minimum absolute atomic E-state index is 0.0151. The third-order valence-corrected chi connectivity index (χ3v) is 10.1. The Labute approximate surface area is 309 Å². The highest BCUT2D eigenvalue weighted by Gasteiger charge is 2.34. The number of carbonyl (C=O) groups is 2. The molecule has 0 radical (unpaired) electrons. The van der Waals surface area contributed by atoms with Crippen molar-refractivity contribution in [1.82, 2.24) is 0 Å². The van der Waals surface area contributed by atoms with Gasteiger partial charge < -0.3 is 26.0 Å². The first-order valence-electron chi connectivity index (χ1n) is 16.8. The van der Waals surface area contributed by atoms with E-state index in [9.17, 15) is 24.9 Å². The van der Waals surface area contributed by atoms with Gasteiger partial charge in [0.1, 0.15) is 11.4 Å². The Balaban J connectivity index is 0.000000324. The Bertz CT molecular complexity index is 2550. The van der Waals surface area contributed by atoms with Gasteiger partial charge >= 0.3 is 0 Å². The molecule has 8 rings (SSSR count). The molecule has 9 heteroatoms. The van der Waals surface area contributed by atoms with Gasteiger partial charge in [-0.05, 0) is 101 Å². The molecule has 0 aromatic heterocycles. The number of amides is 1. The quantitative estimate of drug-likeness (QED) is 0.122. The van der Waals surface area contributed by atoms with Crippen LogP contribution < -0.4 is 21.1 Å². The first-order valence-corrected chi connectivity index (χ1v) is 17.6. The van der Waals surface area contributed by atoms with Crippen LogP contribution >= 0.6 is 23.2 Å². The molecule has 1 aliphatic heterocycles. The molecule has 0 spiro atoms. The van der Waals surface area contributed by atoms with Crippen molar-refractivity contribution in [1.29, 1.82) is 0 Å². The number of aromatic hydroxyl groups is 1. The normalized spacial score (nSPS) is 16.3. The summed E-state index contributed by atoms with van der Waals surface area (Å²) in [5.74, 6) is -0.624. The number of fused-ring (bicyclic) bond motifs is 5. The molecular formula is C43H34Cl2N2O5. The summed E-state index contributed by atoms with van der Waals surface area (Å²) < 4.78 is 0. The predicted octanol–water partition coefficient (Wildman–Crippen LogP) is 7.22. The van der Waals surface area contributed by atoms with Crippen LogP contribution in [0, 0.1) is 10.4 Å². The number of para-hydroxylation sites is 1. The van der Waals surface area contributed by atoms with E-state index >= 15 is 0 Å².